The van der Waals surface area contributed by atoms with E-state index in [1.165, 1.54) is 5.56 Å². The third-order valence-corrected chi connectivity index (χ3v) is 4.08. The highest BCUT2D eigenvalue weighted by Gasteiger charge is 2.10. The average molecular weight is 329 g/mol. The van der Waals surface area contributed by atoms with Gasteiger partial charge in [-0.05, 0) is 41.8 Å². The third kappa shape index (κ3) is 3.02. The Bertz CT molecular complexity index is 626. The van der Waals surface area contributed by atoms with Gasteiger partial charge < -0.3 is 4.90 Å². The molecule has 3 heteroatoms. The van der Waals surface area contributed by atoms with Crippen molar-refractivity contribution in [2.45, 2.75) is 18.7 Å². The van der Waals surface area contributed by atoms with Crippen LogP contribution in [-0.2, 0) is 11.8 Å². The minimum absolute atomic E-state index is 0.698. The minimum Gasteiger partial charge on any atom is -0.344 e. The van der Waals surface area contributed by atoms with Crippen molar-refractivity contribution in [2.24, 2.45) is 0 Å². The molecule has 20 heavy (non-hydrogen) atoms. The quantitative estimate of drug-likeness (QED) is 0.755. The summed E-state index contributed by atoms with van der Waals surface area (Å²) in [6, 6.07) is 16.7. The molecule has 2 nitrogen and oxygen atoms in total. The molecular weight excluding hydrogens is 312 g/mol. The SMILES string of the molecule is CCc1ccc(N(C)c2ccc(CBr)cc2C#N)cc1. The minimum atomic E-state index is 0.698. The molecule has 0 fully saturated rings. The van der Waals surface area contributed by atoms with Crippen molar-refractivity contribution >= 4 is 27.3 Å². The Morgan fingerprint density at radius 3 is 2.30 bits per heavy atom. The van der Waals surface area contributed by atoms with E-state index in [9.17, 15) is 5.26 Å². The number of hydrogen-bond donors (Lipinski definition) is 0. The van der Waals surface area contributed by atoms with E-state index >= 15 is 0 Å². The Morgan fingerprint density at radius 1 is 1.10 bits per heavy atom. The van der Waals surface area contributed by atoms with E-state index in [2.05, 4.69) is 58.1 Å². The summed E-state index contributed by atoms with van der Waals surface area (Å²) in [5.74, 6) is 0. The van der Waals surface area contributed by atoms with E-state index in [0.29, 0.717) is 5.56 Å². The number of aryl methyl sites for hydroxylation is 1. The summed E-state index contributed by atoms with van der Waals surface area (Å²) in [5, 5.41) is 10.1. The molecule has 0 radical (unpaired) electrons. The summed E-state index contributed by atoms with van der Waals surface area (Å²) in [7, 11) is 1.99. The molecule has 0 saturated carbocycles. The molecule has 0 spiro atoms. The summed E-state index contributed by atoms with van der Waals surface area (Å²) in [6.07, 6.45) is 1.04. The Morgan fingerprint density at radius 2 is 1.75 bits per heavy atom. The summed E-state index contributed by atoms with van der Waals surface area (Å²) >= 11 is 3.42. The van der Waals surface area contributed by atoms with Gasteiger partial charge in [0.1, 0.15) is 6.07 Å². The van der Waals surface area contributed by atoms with E-state index in [-0.39, 0.29) is 0 Å². The standard InChI is InChI=1S/C17H17BrN2/c1-3-13-4-7-16(8-5-13)20(2)17-9-6-14(11-18)10-15(17)12-19/h4-10H,3,11H2,1-2H3. The molecule has 0 amide bonds. The second kappa shape index (κ2) is 6.58. The van der Waals surface area contributed by atoms with Gasteiger partial charge in [-0.1, -0.05) is 41.1 Å². The molecule has 0 N–H and O–H groups in total. The van der Waals surface area contributed by atoms with Gasteiger partial charge in [-0.25, -0.2) is 0 Å². The zero-order valence-electron chi connectivity index (χ0n) is 11.7. The molecule has 0 aromatic heterocycles. The average Bonchev–Trinajstić information content (AvgIpc) is 2.53. The number of nitriles is 1. The van der Waals surface area contributed by atoms with Crippen LogP contribution in [0.5, 0.6) is 0 Å². The maximum Gasteiger partial charge on any atom is 0.101 e. The number of benzene rings is 2. The van der Waals surface area contributed by atoms with Gasteiger partial charge in [0, 0.05) is 18.1 Å². The predicted molar refractivity (Wildman–Crippen MR) is 87.7 cm³/mol. The molecule has 0 atom stereocenters. The lowest BCUT2D eigenvalue weighted by Gasteiger charge is -2.21. The summed E-state index contributed by atoms with van der Waals surface area (Å²) in [4.78, 5) is 2.05. The van der Waals surface area contributed by atoms with Crippen LogP contribution in [0.15, 0.2) is 42.5 Å². The second-order valence-corrected chi connectivity index (χ2v) is 5.24. The molecule has 0 aliphatic carbocycles. The lowest BCUT2D eigenvalue weighted by atomic mass is 10.1. The zero-order valence-corrected chi connectivity index (χ0v) is 13.3. The number of halogens is 1. The lowest BCUT2D eigenvalue weighted by molar-refractivity contribution is 1.13. The molecule has 0 saturated heterocycles. The number of alkyl halides is 1. The number of nitrogens with zero attached hydrogens (tertiary/aromatic N) is 2. The molecule has 2 aromatic carbocycles. The van der Waals surface area contributed by atoms with Crippen molar-refractivity contribution in [3.63, 3.8) is 0 Å². The Hall–Kier alpha value is -1.79. The van der Waals surface area contributed by atoms with Gasteiger partial charge in [0.2, 0.25) is 0 Å². The number of hydrogen-bond acceptors (Lipinski definition) is 2. The first kappa shape index (κ1) is 14.6. The van der Waals surface area contributed by atoms with E-state index in [1.54, 1.807) is 0 Å². The van der Waals surface area contributed by atoms with E-state index in [4.69, 9.17) is 0 Å². The van der Waals surface area contributed by atoms with Gasteiger partial charge in [0.15, 0.2) is 0 Å². The fourth-order valence-corrected chi connectivity index (χ4v) is 2.49. The van der Waals surface area contributed by atoms with Crippen molar-refractivity contribution in [3.8, 4) is 6.07 Å². The third-order valence-electron chi connectivity index (χ3n) is 3.43. The first-order chi connectivity index (χ1) is 9.69. The monoisotopic (exact) mass is 328 g/mol. The van der Waals surface area contributed by atoms with Crippen molar-refractivity contribution < 1.29 is 0 Å². The van der Waals surface area contributed by atoms with Crippen molar-refractivity contribution in [2.75, 3.05) is 11.9 Å². The topological polar surface area (TPSA) is 27.0 Å². The highest BCUT2D eigenvalue weighted by atomic mass is 79.9. The van der Waals surface area contributed by atoms with Crippen LogP contribution in [0, 0.1) is 11.3 Å². The zero-order chi connectivity index (χ0) is 14.5. The molecule has 0 bridgehead atoms. The normalized spacial score (nSPS) is 10.1. The molecule has 0 aliphatic rings. The fourth-order valence-electron chi connectivity index (χ4n) is 2.14. The van der Waals surface area contributed by atoms with Crippen LogP contribution in [0.4, 0.5) is 11.4 Å². The molecular formula is C17H17BrN2. The smallest absolute Gasteiger partial charge is 0.101 e. The molecule has 2 rings (SSSR count). The lowest BCUT2D eigenvalue weighted by Crippen LogP contribution is -2.11. The summed E-state index contributed by atoms with van der Waals surface area (Å²) in [5.41, 5.74) is 5.15. The van der Waals surface area contributed by atoms with E-state index in [1.807, 2.05) is 25.2 Å². The van der Waals surface area contributed by atoms with Crippen LogP contribution in [0.3, 0.4) is 0 Å². The maximum absolute atomic E-state index is 9.32. The molecule has 2 aromatic rings. The largest absolute Gasteiger partial charge is 0.344 e. The highest BCUT2D eigenvalue weighted by Crippen LogP contribution is 2.28. The maximum atomic E-state index is 9.32. The Balaban J connectivity index is 2.37. The Labute approximate surface area is 128 Å². The van der Waals surface area contributed by atoms with Crippen LogP contribution < -0.4 is 4.90 Å². The first-order valence-corrected chi connectivity index (χ1v) is 7.73. The highest BCUT2D eigenvalue weighted by molar-refractivity contribution is 9.08. The molecule has 0 unspecified atom stereocenters. The van der Waals surface area contributed by atoms with Gasteiger partial charge in [-0.15, -0.1) is 0 Å². The number of rotatable bonds is 4. The van der Waals surface area contributed by atoms with Crippen molar-refractivity contribution in [1.29, 1.82) is 5.26 Å². The van der Waals surface area contributed by atoms with Gasteiger partial charge >= 0.3 is 0 Å². The number of anilines is 2. The summed E-state index contributed by atoms with van der Waals surface area (Å²) in [6.45, 7) is 2.14. The fraction of sp³-hybridized carbons (Fsp3) is 0.235. The van der Waals surface area contributed by atoms with Gasteiger partial charge in [0.25, 0.3) is 0 Å². The van der Waals surface area contributed by atoms with Crippen LogP contribution in [0.2, 0.25) is 0 Å². The Kier molecular flexibility index (Phi) is 4.81. The van der Waals surface area contributed by atoms with Crippen LogP contribution >= 0.6 is 15.9 Å². The van der Waals surface area contributed by atoms with Gasteiger partial charge in [0.05, 0.1) is 11.3 Å². The first-order valence-electron chi connectivity index (χ1n) is 6.61. The molecule has 0 aliphatic heterocycles. The second-order valence-electron chi connectivity index (χ2n) is 4.68. The van der Waals surface area contributed by atoms with E-state index < -0.39 is 0 Å². The van der Waals surface area contributed by atoms with Gasteiger partial charge in [-0.2, -0.15) is 5.26 Å². The van der Waals surface area contributed by atoms with Crippen LogP contribution in [0.1, 0.15) is 23.6 Å². The molecule has 0 heterocycles. The predicted octanol–water partition coefficient (Wildman–Crippen LogP) is 4.78. The molecule has 102 valence electrons. The van der Waals surface area contributed by atoms with Gasteiger partial charge in [-0.3, -0.25) is 0 Å². The van der Waals surface area contributed by atoms with E-state index in [0.717, 1.165) is 28.7 Å². The van der Waals surface area contributed by atoms with Crippen molar-refractivity contribution in [3.05, 3.63) is 59.2 Å². The van der Waals surface area contributed by atoms with Crippen LogP contribution in [-0.4, -0.2) is 7.05 Å². The van der Waals surface area contributed by atoms with Crippen molar-refractivity contribution in [1.82, 2.24) is 0 Å². The van der Waals surface area contributed by atoms with Crippen LogP contribution in [0.25, 0.3) is 0 Å². The summed E-state index contributed by atoms with van der Waals surface area (Å²) < 4.78 is 0.